The van der Waals surface area contributed by atoms with Crippen molar-refractivity contribution in [1.29, 1.82) is 0 Å². The van der Waals surface area contributed by atoms with Gasteiger partial charge in [0.15, 0.2) is 0 Å². The molecule has 0 spiro atoms. The Morgan fingerprint density at radius 1 is 1.38 bits per heavy atom. The largest absolute Gasteiger partial charge is 0.367 e. The number of carbonyl (C=O) groups excluding carboxylic acids is 1. The maximum absolute atomic E-state index is 11.6. The molecule has 1 heterocycles. The van der Waals surface area contributed by atoms with Crippen molar-refractivity contribution in [2.24, 2.45) is 0 Å². The predicted octanol–water partition coefficient (Wildman–Crippen LogP) is 1.74. The molecular weight excluding hydrogens is 222 g/mol. The van der Waals surface area contributed by atoms with Crippen LogP contribution in [0.5, 0.6) is 0 Å². The first-order valence-electron chi connectivity index (χ1n) is 5.33. The van der Waals surface area contributed by atoms with Crippen LogP contribution in [-0.4, -0.2) is 35.6 Å². The second-order valence-corrected chi connectivity index (χ2v) is 4.75. The van der Waals surface area contributed by atoms with Gasteiger partial charge in [0.2, 0.25) is 5.91 Å². The second kappa shape index (κ2) is 5.92. The molecule has 0 bridgehead atoms. The summed E-state index contributed by atoms with van der Waals surface area (Å²) in [6.07, 6.45) is 0. The first-order chi connectivity index (χ1) is 7.86. The van der Waals surface area contributed by atoms with Gasteiger partial charge in [0.25, 0.3) is 0 Å². The molecule has 16 heavy (non-hydrogen) atoms. The third-order valence-corrected chi connectivity index (χ3v) is 3.41. The van der Waals surface area contributed by atoms with Gasteiger partial charge in [-0.3, -0.25) is 4.79 Å². The van der Waals surface area contributed by atoms with Crippen LogP contribution in [0, 0.1) is 0 Å². The maximum Gasteiger partial charge on any atom is 0.249 e. The highest BCUT2D eigenvalue weighted by atomic mass is 32.2. The quantitative estimate of drug-likeness (QED) is 0.799. The number of thioether (sulfide) groups is 1. The molecule has 1 amide bonds. The van der Waals surface area contributed by atoms with Crippen molar-refractivity contribution in [3.63, 3.8) is 0 Å². The Kier molecular flexibility index (Phi) is 4.25. The highest BCUT2D eigenvalue weighted by molar-refractivity contribution is 7.99. The summed E-state index contributed by atoms with van der Waals surface area (Å²) in [7, 11) is 0. The zero-order valence-corrected chi connectivity index (χ0v) is 9.91. The number of hydrogen-bond donors (Lipinski definition) is 0. The molecule has 0 unspecified atom stereocenters. The predicted molar refractivity (Wildman–Crippen MR) is 65.1 cm³/mol. The van der Waals surface area contributed by atoms with Crippen molar-refractivity contribution in [2.45, 2.75) is 6.61 Å². The van der Waals surface area contributed by atoms with Gasteiger partial charge in [0.05, 0.1) is 12.5 Å². The van der Waals surface area contributed by atoms with Gasteiger partial charge >= 0.3 is 0 Å². The summed E-state index contributed by atoms with van der Waals surface area (Å²) in [6.45, 7) is 1.56. The minimum absolute atomic E-state index is 0.0981. The minimum Gasteiger partial charge on any atom is -0.367 e. The molecule has 1 saturated heterocycles. The van der Waals surface area contributed by atoms with Gasteiger partial charge in [-0.15, -0.1) is 11.8 Å². The zero-order chi connectivity index (χ0) is 11.2. The number of rotatable bonds is 4. The third kappa shape index (κ3) is 3.25. The average Bonchev–Trinajstić information content (AvgIpc) is 2.84. The van der Waals surface area contributed by atoms with E-state index in [1.165, 1.54) is 0 Å². The molecule has 4 heteroatoms. The first kappa shape index (κ1) is 11.5. The molecule has 0 saturated carbocycles. The van der Waals surface area contributed by atoms with Gasteiger partial charge in [0.1, 0.15) is 6.61 Å². The Morgan fingerprint density at radius 2 is 2.19 bits per heavy atom. The molecule has 86 valence electrons. The van der Waals surface area contributed by atoms with Crippen LogP contribution >= 0.6 is 11.8 Å². The van der Waals surface area contributed by atoms with Gasteiger partial charge in [-0.1, -0.05) is 30.3 Å². The summed E-state index contributed by atoms with van der Waals surface area (Å²) in [5.74, 6) is 1.96. The van der Waals surface area contributed by atoms with Gasteiger partial charge < -0.3 is 9.64 Å². The van der Waals surface area contributed by atoms with E-state index in [1.54, 1.807) is 11.8 Å². The van der Waals surface area contributed by atoms with E-state index in [0.717, 1.165) is 23.7 Å². The van der Waals surface area contributed by atoms with Crippen molar-refractivity contribution < 1.29 is 9.53 Å². The summed E-state index contributed by atoms with van der Waals surface area (Å²) < 4.78 is 5.39. The standard InChI is InChI=1S/C12H15NO2S/c14-12(13-6-7-16-10-13)9-15-8-11-4-2-1-3-5-11/h1-5H,6-10H2. The molecule has 1 aromatic carbocycles. The Morgan fingerprint density at radius 3 is 2.88 bits per heavy atom. The van der Waals surface area contributed by atoms with Gasteiger partial charge in [-0.2, -0.15) is 0 Å². The Labute approximate surface area is 99.8 Å². The van der Waals surface area contributed by atoms with Crippen molar-refractivity contribution in [3.05, 3.63) is 35.9 Å². The number of ether oxygens (including phenoxy) is 1. The number of nitrogens with zero attached hydrogens (tertiary/aromatic N) is 1. The van der Waals surface area contributed by atoms with Crippen molar-refractivity contribution in [2.75, 3.05) is 24.8 Å². The fourth-order valence-electron chi connectivity index (χ4n) is 1.53. The Bertz CT molecular complexity index is 336. The summed E-state index contributed by atoms with van der Waals surface area (Å²) in [5.41, 5.74) is 1.10. The lowest BCUT2D eigenvalue weighted by atomic mass is 10.2. The van der Waals surface area contributed by atoms with E-state index in [4.69, 9.17) is 4.74 Å². The lowest BCUT2D eigenvalue weighted by molar-refractivity contribution is -0.135. The van der Waals surface area contributed by atoms with E-state index in [0.29, 0.717) is 6.61 Å². The molecule has 1 fully saturated rings. The van der Waals surface area contributed by atoms with Crippen LogP contribution in [-0.2, 0) is 16.1 Å². The number of carbonyl (C=O) groups is 1. The molecule has 0 aliphatic carbocycles. The summed E-state index contributed by atoms with van der Waals surface area (Å²) in [4.78, 5) is 13.5. The summed E-state index contributed by atoms with van der Waals surface area (Å²) >= 11 is 1.79. The van der Waals surface area contributed by atoms with E-state index in [1.807, 2.05) is 35.2 Å². The monoisotopic (exact) mass is 237 g/mol. The molecule has 1 aromatic rings. The average molecular weight is 237 g/mol. The number of hydrogen-bond acceptors (Lipinski definition) is 3. The zero-order valence-electron chi connectivity index (χ0n) is 9.09. The Balaban J connectivity index is 1.70. The fourth-order valence-corrected chi connectivity index (χ4v) is 2.50. The molecule has 1 aliphatic rings. The minimum atomic E-state index is 0.0981. The summed E-state index contributed by atoms with van der Waals surface area (Å²) in [5, 5.41) is 0. The van der Waals surface area contributed by atoms with Crippen molar-refractivity contribution in [1.82, 2.24) is 4.90 Å². The van der Waals surface area contributed by atoms with Crippen LogP contribution in [0.2, 0.25) is 0 Å². The van der Waals surface area contributed by atoms with Crippen LogP contribution in [0.4, 0.5) is 0 Å². The molecule has 0 aromatic heterocycles. The van der Waals surface area contributed by atoms with Crippen LogP contribution in [0.25, 0.3) is 0 Å². The van der Waals surface area contributed by atoms with E-state index >= 15 is 0 Å². The Hall–Kier alpha value is -1.000. The molecule has 2 rings (SSSR count). The van der Waals surface area contributed by atoms with Crippen LogP contribution in [0.1, 0.15) is 5.56 Å². The van der Waals surface area contributed by atoms with Crippen molar-refractivity contribution >= 4 is 17.7 Å². The third-order valence-electron chi connectivity index (χ3n) is 2.44. The normalized spacial score (nSPS) is 15.4. The topological polar surface area (TPSA) is 29.5 Å². The highest BCUT2D eigenvalue weighted by Crippen LogP contribution is 2.13. The maximum atomic E-state index is 11.6. The number of amides is 1. The van der Waals surface area contributed by atoms with E-state index in [9.17, 15) is 4.79 Å². The lowest BCUT2D eigenvalue weighted by Crippen LogP contribution is -2.31. The van der Waals surface area contributed by atoms with E-state index in [-0.39, 0.29) is 12.5 Å². The van der Waals surface area contributed by atoms with E-state index < -0.39 is 0 Å². The molecule has 3 nitrogen and oxygen atoms in total. The van der Waals surface area contributed by atoms with E-state index in [2.05, 4.69) is 0 Å². The SMILES string of the molecule is O=C(COCc1ccccc1)N1CCSC1. The van der Waals surface area contributed by atoms with Crippen LogP contribution in [0.3, 0.4) is 0 Å². The first-order valence-corrected chi connectivity index (χ1v) is 6.49. The molecule has 0 atom stereocenters. The number of benzene rings is 1. The van der Waals surface area contributed by atoms with Crippen molar-refractivity contribution in [3.8, 4) is 0 Å². The van der Waals surface area contributed by atoms with Crippen LogP contribution < -0.4 is 0 Å². The smallest absolute Gasteiger partial charge is 0.249 e. The second-order valence-electron chi connectivity index (χ2n) is 3.67. The van der Waals surface area contributed by atoms with Crippen LogP contribution in [0.15, 0.2) is 30.3 Å². The molecular formula is C12H15NO2S. The van der Waals surface area contributed by atoms with Gasteiger partial charge in [-0.05, 0) is 5.56 Å². The highest BCUT2D eigenvalue weighted by Gasteiger charge is 2.17. The molecule has 0 radical (unpaired) electrons. The van der Waals surface area contributed by atoms with Gasteiger partial charge in [0, 0.05) is 12.3 Å². The fraction of sp³-hybridized carbons (Fsp3) is 0.417. The lowest BCUT2D eigenvalue weighted by Gasteiger charge is -2.14. The summed E-state index contributed by atoms with van der Waals surface area (Å²) in [6, 6.07) is 9.90. The molecule has 0 N–H and O–H groups in total. The van der Waals surface area contributed by atoms with Gasteiger partial charge in [-0.25, -0.2) is 0 Å². The molecule has 1 aliphatic heterocycles.